The van der Waals surface area contributed by atoms with Crippen molar-refractivity contribution in [3.8, 4) is 0 Å². The molecule has 0 aromatic carbocycles. The van der Waals surface area contributed by atoms with Crippen LogP contribution in [0.3, 0.4) is 0 Å². The predicted octanol–water partition coefficient (Wildman–Crippen LogP) is 4.39. The fraction of sp³-hybridized carbons (Fsp3) is 0.692. The summed E-state index contributed by atoms with van der Waals surface area (Å²) in [5.74, 6) is 1.62. The summed E-state index contributed by atoms with van der Waals surface area (Å²) in [6, 6.07) is 2.93. The van der Waals surface area contributed by atoms with Crippen LogP contribution in [-0.4, -0.2) is 12.6 Å². The van der Waals surface area contributed by atoms with Gasteiger partial charge in [-0.3, -0.25) is 0 Å². The average Bonchev–Trinajstić information content (AvgIpc) is 2.64. The van der Waals surface area contributed by atoms with Gasteiger partial charge in [0, 0.05) is 21.3 Å². The Labute approximate surface area is 111 Å². The van der Waals surface area contributed by atoms with Crippen LogP contribution in [0.4, 0.5) is 0 Å². The van der Waals surface area contributed by atoms with Gasteiger partial charge in [0.15, 0.2) is 0 Å². The van der Waals surface area contributed by atoms with E-state index >= 15 is 0 Å². The zero-order valence-electron chi connectivity index (χ0n) is 10.0. The van der Waals surface area contributed by atoms with Gasteiger partial charge in [-0.15, -0.1) is 11.3 Å². The van der Waals surface area contributed by atoms with E-state index in [0.29, 0.717) is 0 Å². The lowest BCUT2D eigenvalue weighted by Crippen LogP contribution is -2.49. The molecular weight excluding hydrogens is 282 g/mol. The Balaban J connectivity index is 1.97. The maximum Gasteiger partial charge on any atom is 0.0317 e. The smallest absolute Gasteiger partial charge is 0.0317 e. The lowest BCUT2D eigenvalue weighted by Gasteiger charge is -2.45. The van der Waals surface area contributed by atoms with Crippen molar-refractivity contribution in [2.24, 2.45) is 5.92 Å². The molecule has 3 heteroatoms. The molecule has 1 heterocycles. The SMILES string of the molecule is CCCNC1CC(c2sccc2Br)C1CC. The van der Waals surface area contributed by atoms with Crippen LogP contribution in [0.1, 0.15) is 43.9 Å². The first-order chi connectivity index (χ1) is 7.77. The standard InChI is InChI=1S/C13H20BrNS/c1-3-6-15-12-8-10(9(12)4-2)13-11(14)5-7-16-13/h5,7,9-10,12,15H,3-4,6,8H2,1-2H3. The third-order valence-corrected chi connectivity index (χ3v) is 5.65. The van der Waals surface area contributed by atoms with E-state index in [2.05, 4.69) is 46.5 Å². The van der Waals surface area contributed by atoms with Gasteiger partial charge in [-0.2, -0.15) is 0 Å². The maximum atomic E-state index is 3.67. The minimum atomic E-state index is 0.754. The molecule has 1 aliphatic carbocycles. The molecule has 1 N–H and O–H groups in total. The van der Waals surface area contributed by atoms with Crippen molar-refractivity contribution < 1.29 is 0 Å². The van der Waals surface area contributed by atoms with Crippen molar-refractivity contribution in [1.82, 2.24) is 5.32 Å². The lowest BCUT2D eigenvalue weighted by atomic mass is 9.67. The van der Waals surface area contributed by atoms with E-state index in [0.717, 1.165) is 17.9 Å². The molecule has 1 aliphatic rings. The van der Waals surface area contributed by atoms with Gasteiger partial charge in [0.2, 0.25) is 0 Å². The van der Waals surface area contributed by atoms with Crippen LogP contribution < -0.4 is 5.32 Å². The number of hydrogen-bond acceptors (Lipinski definition) is 2. The number of nitrogens with one attached hydrogen (secondary N) is 1. The highest BCUT2D eigenvalue weighted by atomic mass is 79.9. The Bertz CT molecular complexity index is 336. The molecular formula is C13H20BrNS. The molecule has 0 amide bonds. The van der Waals surface area contributed by atoms with Gasteiger partial charge in [-0.1, -0.05) is 20.3 Å². The lowest BCUT2D eigenvalue weighted by molar-refractivity contribution is 0.163. The molecule has 1 fully saturated rings. The molecule has 1 saturated carbocycles. The summed E-state index contributed by atoms with van der Waals surface area (Å²) in [5.41, 5.74) is 0. The van der Waals surface area contributed by atoms with E-state index < -0.39 is 0 Å². The number of halogens is 1. The van der Waals surface area contributed by atoms with Crippen molar-refractivity contribution in [3.05, 3.63) is 20.8 Å². The van der Waals surface area contributed by atoms with Gasteiger partial charge >= 0.3 is 0 Å². The van der Waals surface area contributed by atoms with Crippen molar-refractivity contribution in [3.63, 3.8) is 0 Å². The zero-order chi connectivity index (χ0) is 11.5. The van der Waals surface area contributed by atoms with Crippen LogP contribution in [0.5, 0.6) is 0 Å². The van der Waals surface area contributed by atoms with Crippen LogP contribution in [0, 0.1) is 5.92 Å². The first-order valence-corrected chi connectivity index (χ1v) is 7.91. The van der Waals surface area contributed by atoms with Crippen LogP contribution in [-0.2, 0) is 0 Å². The van der Waals surface area contributed by atoms with E-state index in [-0.39, 0.29) is 0 Å². The topological polar surface area (TPSA) is 12.0 Å². The molecule has 0 radical (unpaired) electrons. The minimum absolute atomic E-state index is 0.754. The summed E-state index contributed by atoms with van der Waals surface area (Å²) < 4.78 is 1.31. The van der Waals surface area contributed by atoms with E-state index in [1.54, 1.807) is 4.88 Å². The van der Waals surface area contributed by atoms with E-state index in [1.165, 1.54) is 30.3 Å². The van der Waals surface area contributed by atoms with Gasteiger partial charge in [-0.05, 0) is 52.7 Å². The van der Waals surface area contributed by atoms with E-state index in [4.69, 9.17) is 0 Å². The van der Waals surface area contributed by atoms with Gasteiger partial charge in [0.1, 0.15) is 0 Å². The summed E-state index contributed by atoms with van der Waals surface area (Å²) in [4.78, 5) is 1.56. The molecule has 0 spiro atoms. The molecule has 0 saturated heterocycles. The highest BCUT2D eigenvalue weighted by molar-refractivity contribution is 9.10. The molecule has 1 aromatic rings. The third kappa shape index (κ3) is 2.36. The predicted molar refractivity (Wildman–Crippen MR) is 75.2 cm³/mol. The molecule has 16 heavy (non-hydrogen) atoms. The molecule has 90 valence electrons. The second-order valence-electron chi connectivity index (χ2n) is 4.61. The largest absolute Gasteiger partial charge is 0.314 e. The molecule has 0 aliphatic heterocycles. The molecule has 0 bridgehead atoms. The van der Waals surface area contributed by atoms with Gasteiger partial charge in [0.25, 0.3) is 0 Å². The Kier molecular flexibility index (Phi) is 4.45. The highest BCUT2D eigenvalue weighted by Gasteiger charge is 2.41. The molecule has 2 rings (SSSR count). The zero-order valence-corrected chi connectivity index (χ0v) is 12.4. The number of rotatable bonds is 5. The Morgan fingerprint density at radius 2 is 2.31 bits per heavy atom. The Morgan fingerprint density at radius 3 is 2.88 bits per heavy atom. The summed E-state index contributed by atoms with van der Waals surface area (Å²) in [6.07, 6.45) is 3.84. The number of hydrogen-bond donors (Lipinski definition) is 1. The van der Waals surface area contributed by atoms with Crippen molar-refractivity contribution in [1.29, 1.82) is 0 Å². The van der Waals surface area contributed by atoms with E-state index in [1.807, 2.05) is 11.3 Å². The third-order valence-electron chi connectivity index (χ3n) is 3.65. The van der Waals surface area contributed by atoms with Crippen molar-refractivity contribution in [2.75, 3.05) is 6.54 Å². The number of thiophene rings is 1. The van der Waals surface area contributed by atoms with Gasteiger partial charge in [-0.25, -0.2) is 0 Å². The fourth-order valence-electron chi connectivity index (χ4n) is 2.71. The Morgan fingerprint density at radius 1 is 1.50 bits per heavy atom. The van der Waals surface area contributed by atoms with Crippen molar-refractivity contribution >= 4 is 27.3 Å². The van der Waals surface area contributed by atoms with Crippen molar-refractivity contribution in [2.45, 2.75) is 45.1 Å². The minimum Gasteiger partial charge on any atom is -0.314 e. The normalized spacial score (nSPS) is 29.1. The second-order valence-corrected chi connectivity index (χ2v) is 6.41. The maximum absolute atomic E-state index is 3.67. The molecule has 1 nitrogen and oxygen atoms in total. The second kappa shape index (κ2) is 5.65. The molecule has 3 unspecified atom stereocenters. The first kappa shape index (κ1) is 12.6. The summed E-state index contributed by atoms with van der Waals surface area (Å²) in [5, 5.41) is 5.86. The van der Waals surface area contributed by atoms with Gasteiger partial charge < -0.3 is 5.32 Å². The average molecular weight is 302 g/mol. The van der Waals surface area contributed by atoms with Crippen LogP contribution >= 0.6 is 27.3 Å². The van der Waals surface area contributed by atoms with Gasteiger partial charge in [0.05, 0.1) is 0 Å². The molecule has 3 atom stereocenters. The van der Waals surface area contributed by atoms with Crippen LogP contribution in [0.25, 0.3) is 0 Å². The monoisotopic (exact) mass is 301 g/mol. The Hall–Kier alpha value is 0.140. The van der Waals surface area contributed by atoms with Crippen LogP contribution in [0.2, 0.25) is 0 Å². The van der Waals surface area contributed by atoms with Crippen LogP contribution in [0.15, 0.2) is 15.9 Å². The summed E-state index contributed by atoms with van der Waals surface area (Å²) >= 11 is 5.56. The first-order valence-electron chi connectivity index (χ1n) is 6.24. The highest BCUT2D eigenvalue weighted by Crippen LogP contribution is 2.48. The summed E-state index contributed by atoms with van der Waals surface area (Å²) in [7, 11) is 0. The molecule has 1 aromatic heterocycles. The summed E-state index contributed by atoms with van der Waals surface area (Å²) in [6.45, 7) is 5.72. The quantitative estimate of drug-likeness (QED) is 0.850. The fourth-order valence-corrected chi connectivity index (χ4v) is 4.57. The van der Waals surface area contributed by atoms with E-state index in [9.17, 15) is 0 Å².